The van der Waals surface area contributed by atoms with Gasteiger partial charge in [0, 0.05) is 50.3 Å². The number of benzene rings is 13. The maximum absolute atomic E-state index is 2.60. The summed E-state index contributed by atoms with van der Waals surface area (Å²) in [7, 11) is 0. The second-order valence-corrected chi connectivity index (χ2v) is 20.4. The Morgan fingerprint density at radius 1 is 0.269 bits per heavy atom. The van der Waals surface area contributed by atoms with Gasteiger partial charge >= 0.3 is 0 Å². The van der Waals surface area contributed by atoms with E-state index in [1.54, 1.807) is 0 Å². The zero-order chi connectivity index (χ0) is 51.6. The van der Waals surface area contributed by atoms with E-state index in [0.29, 0.717) is 0 Å². The van der Waals surface area contributed by atoms with Gasteiger partial charge in [0.05, 0.1) is 16.7 Å². The highest BCUT2D eigenvalue weighted by Gasteiger charge is 2.50. The first-order valence-electron chi connectivity index (χ1n) is 26.9. The fraction of sp³-hybridized carbons (Fsp3) is 0.0133. The highest BCUT2D eigenvalue weighted by Crippen LogP contribution is 2.59. The van der Waals surface area contributed by atoms with Crippen molar-refractivity contribution in [3.63, 3.8) is 0 Å². The Labute approximate surface area is 454 Å². The predicted molar refractivity (Wildman–Crippen MR) is 328 cm³/mol. The van der Waals surface area contributed by atoms with E-state index in [9.17, 15) is 0 Å². The summed E-state index contributed by atoms with van der Waals surface area (Å²) in [4.78, 5) is 5.08. The lowest BCUT2D eigenvalue weighted by molar-refractivity contribution is 0.644. The van der Waals surface area contributed by atoms with Crippen LogP contribution in [0.25, 0.3) is 82.4 Å². The standard InChI is InChI=1S/C75H51N3/c1-5-24-54(25-6-1)64-36-21-37-65(55-26-7-2-8-27-55)74(64)77-72-39-20-18-35-68(72)69-47-45-62(51-73(69)77)76(60-42-40-52-22-13-15-28-56(52)48-60)61-44-46-67-66-34-17-19-38-70(66)75(71(67)50-61,58-30-9-3-10-31-58)78(59-32-11-4-12-33-59)63-43-41-53-23-14-16-29-57(53)49-63/h1-51H. The van der Waals surface area contributed by atoms with Crippen molar-refractivity contribution in [2.45, 2.75) is 5.54 Å². The van der Waals surface area contributed by atoms with Crippen LogP contribution in [0.4, 0.5) is 28.4 Å². The number of nitrogens with zero attached hydrogens (tertiary/aromatic N) is 3. The van der Waals surface area contributed by atoms with Gasteiger partial charge in [0.1, 0.15) is 5.54 Å². The number of fused-ring (bicyclic) bond motifs is 8. The Morgan fingerprint density at radius 2 is 0.744 bits per heavy atom. The van der Waals surface area contributed by atoms with Crippen LogP contribution in [-0.2, 0) is 5.54 Å². The molecule has 1 aliphatic carbocycles. The molecule has 0 saturated carbocycles. The molecule has 0 radical (unpaired) electrons. The quantitative estimate of drug-likeness (QED) is 0.135. The van der Waals surface area contributed by atoms with Crippen molar-refractivity contribution in [3.05, 3.63) is 326 Å². The second-order valence-electron chi connectivity index (χ2n) is 20.4. The molecule has 3 nitrogen and oxygen atoms in total. The van der Waals surface area contributed by atoms with E-state index in [-0.39, 0.29) is 0 Å². The summed E-state index contributed by atoms with van der Waals surface area (Å²) >= 11 is 0. The lowest BCUT2D eigenvalue weighted by atomic mass is 9.78. The predicted octanol–water partition coefficient (Wildman–Crippen LogP) is 20.0. The molecule has 0 saturated heterocycles. The summed E-state index contributed by atoms with van der Waals surface area (Å²) in [5.41, 5.74) is 18.7. The van der Waals surface area contributed by atoms with E-state index >= 15 is 0 Å². The van der Waals surface area contributed by atoms with Gasteiger partial charge in [0.15, 0.2) is 0 Å². The summed E-state index contributed by atoms with van der Waals surface area (Å²) in [6.45, 7) is 0. The molecule has 0 spiro atoms. The Bertz CT molecular complexity index is 4510. The van der Waals surface area contributed by atoms with Crippen LogP contribution in [0.1, 0.15) is 16.7 Å². The molecule has 13 aromatic carbocycles. The third-order valence-electron chi connectivity index (χ3n) is 16.1. The molecule has 366 valence electrons. The van der Waals surface area contributed by atoms with Gasteiger partial charge < -0.3 is 14.4 Å². The van der Waals surface area contributed by atoms with Crippen molar-refractivity contribution in [1.82, 2.24) is 4.57 Å². The minimum Gasteiger partial charge on any atom is -0.323 e. The Kier molecular flexibility index (Phi) is 10.8. The highest BCUT2D eigenvalue weighted by molar-refractivity contribution is 6.12. The molecule has 0 N–H and O–H groups in total. The Morgan fingerprint density at radius 3 is 1.44 bits per heavy atom. The normalized spacial score (nSPS) is 13.7. The average Bonchev–Trinajstić information content (AvgIpc) is 4.16. The molecule has 3 heteroatoms. The summed E-state index contributed by atoms with van der Waals surface area (Å²) in [5, 5.41) is 7.17. The zero-order valence-corrected chi connectivity index (χ0v) is 42.8. The highest BCUT2D eigenvalue weighted by atomic mass is 15.2. The van der Waals surface area contributed by atoms with Gasteiger partial charge in [-0.2, -0.15) is 0 Å². The number of hydrogen-bond donors (Lipinski definition) is 0. The molecule has 0 fully saturated rings. The van der Waals surface area contributed by atoms with E-state index in [4.69, 9.17) is 0 Å². The molecular weight excluding hydrogens is 943 g/mol. The molecule has 1 heterocycles. The number of rotatable bonds is 10. The Balaban J connectivity index is 1.03. The van der Waals surface area contributed by atoms with E-state index in [1.807, 2.05) is 0 Å². The number of aromatic nitrogens is 1. The summed E-state index contributed by atoms with van der Waals surface area (Å²) in [6, 6.07) is 114. The lowest BCUT2D eigenvalue weighted by Gasteiger charge is -2.45. The minimum absolute atomic E-state index is 0.812. The SMILES string of the molecule is c1ccc(-c2cccc(-c3ccccc3)c2-n2c3ccccc3c3ccc(N(c4ccc5c(c4)C(c4ccccc4)(N(c4ccccc4)c4ccc6ccccc6c4)c4ccccc4-5)c4ccc5ccccc5c4)cc32)cc1. The topological polar surface area (TPSA) is 11.4 Å². The molecule has 15 rings (SSSR count). The van der Waals surface area contributed by atoms with Crippen LogP contribution in [0, 0.1) is 0 Å². The summed E-state index contributed by atoms with van der Waals surface area (Å²) < 4.78 is 2.53. The van der Waals surface area contributed by atoms with Crippen molar-refractivity contribution in [1.29, 1.82) is 0 Å². The summed E-state index contributed by atoms with van der Waals surface area (Å²) in [6.07, 6.45) is 0. The first-order valence-corrected chi connectivity index (χ1v) is 26.9. The molecule has 78 heavy (non-hydrogen) atoms. The van der Waals surface area contributed by atoms with Crippen LogP contribution in [0.5, 0.6) is 0 Å². The van der Waals surface area contributed by atoms with Gasteiger partial charge in [-0.05, 0) is 127 Å². The first kappa shape index (κ1) is 45.2. The monoisotopic (exact) mass is 993 g/mol. The molecule has 0 bridgehead atoms. The maximum Gasteiger partial charge on any atom is 0.122 e. The lowest BCUT2D eigenvalue weighted by Crippen LogP contribution is -2.44. The third kappa shape index (κ3) is 7.20. The molecule has 1 unspecified atom stereocenters. The molecule has 0 aliphatic heterocycles. The second kappa shape index (κ2) is 18.6. The van der Waals surface area contributed by atoms with Crippen molar-refractivity contribution in [2.24, 2.45) is 0 Å². The molecule has 1 aromatic heterocycles. The average molecular weight is 994 g/mol. The van der Waals surface area contributed by atoms with E-state index in [0.717, 1.165) is 45.2 Å². The van der Waals surface area contributed by atoms with Crippen molar-refractivity contribution in [2.75, 3.05) is 9.80 Å². The van der Waals surface area contributed by atoms with Crippen molar-refractivity contribution < 1.29 is 0 Å². The van der Waals surface area contributed by atoms with Crippen LogP contribution in [-0.4, -0.2) is 4.57 Å². The molecule has 1 atom stereocenters. The van der Waals surface area contributed by atoms with Gasteiger partial charge in [-0.25, -0.2) is 0 Å². The van der Waals surface area contributed by atoms with Gasteiger partial charge in [0.2, 0.25) is 0 Å². The molecule has 14 aromatic rings. The fourth-order valence-corrected chi connectivity index (χ4v) is 12.8. The Hall–Kier alpha value is -10.2. The number of anilines is 5. The van der Waals surface area contributed by atoms with Crippen LogP contribution in [0.15, 0.2) is 309 Å². The molecular formula is C75H51N3. The van der Waals surface area contributed by atoms with Crippen molar-refractivity contribution in [3.8, 4) is 39.1 Å². The van der Waals surface area contributed by atoms with Crippen molar-refractivity contribution >= 4 is 71.8 Å². The van der Waals surface area contributed by atoms with Crippen LogP contribution < -0.4 is 9.80 Å². The van der Waals surface area contributed by atoms with Gasteiger partial charge in [0.25, 0.3) is 0 Å². The van der Waals surface area contributed by atoms with E-state index in [2.05, 4.69) is 324 Å². The fourth-order valence-electron chi connectivity index (χ4n) is 12.8. The number of hydrogen-bond acceptors (Lipinski definition) is 2. The van der Waals surface area contributed by atoms with Crippen LogP contribution >= 0.6 is 0 Å². The summed E-state index contributed by atoms with van der Waals surface area (Å²) in [5.74, 6) is 0. The first-order chi connectivity index (χ1) is 38.7. The van der Waals surface area contributed by atoms with Gasteiger partial charge in [-0.15, -0.1) is 0 Å². The maximum atomic E-state index is 2.60. The number of para-hydroxylation sites is 3. The minimum atomic E-state index is -0.812. The van der Waals surface area contributed by atoms with E-state index < -0.39 is 5.54 Å². The smallest absolute Gasteiger partial charge is 0.122 e. The zero-order valence-electron chi connectivity index (χ0n) is 42.8. The molecule has 1 aliphatic rings. The van der Waals surface area contributed by atoms with Crippen LogP contribution in [0.3, 0.4) is 0 Å². The van der Waals surface area contributed by atoms with Gasteiger partial charge in [-0.1, -0.05) is 243 Å². The largest absolute Gasteiger partial charge is 0.323 e. The molecule has 0 amide bonds. The van der Waals surface area contributed by atoms with Gasteiger partial charge in [-0.3, -0.25) is 0 Å². The van der Waals surface area contributed by atoms with Crippen LogP contribution in [0.2, 0.25) is 0 Å². The third-order valence-corrected chi connectivity index (χ3v) is 16.1. The van der Waals surface area contributed by atoms with E-state index in [1.165, 1.54) is 82.4 Å².